The molecule has 2 heterocycles. The molecule has 0 fully saturated rings. The lowest BCUT2D eigenvalue weighted by atomic mass is 10.1. The van der Waals surface area contributed by atoms with Gasteiger partial charge in [-0.1, -0.05) is 0 Å². The average Bonchev–Trinajstić information content (AvgIpc) is 3.08. The molecule has 0 aliphatic rings. The SMILES string of the molecule is OC[C@H](F)Cc1c[nH]c2ccc(-n3cnnc3)cc12. The number of aliphatic hydroxyl groups is 1. The second kappa shape index (κ2) is 4.81. The van der Waals surface area contributed by atoms with E-state index >= 15 is 0 Å². The molecule has 0 saturated heterocycles. The molecule has 0 spiro atoms. The molecular weight excluding hydrogens is 247 g/mol. The summed E-state index contributed by atoms with van der Waals surface area (Å²) < 4.78 is 15.1. The minimum Gasteiger partial charge on any atom is -0.393 e. The van der Waals surface area contributed by atoms with Crippen LogP contribution < -0.4 is 0 Å². The van der Waals surface area contributed by atoms with E-state index in [-0.39, 0.29) is 6.42 Å². The minimum atomic E-state index is -1.24. The van der Waals surface area contributed by atoms with E-state index in [1.165, 1.54) is 0 Å². The summed E-state index contributed by atoms with van der Waals surface area (Å²) in [6.07, 6.45) is 3.96. The zero-order valence-corrected chi connectivity index (χ0v) is 10.1. The van der Waals surface area contributed by atoms with E-state index < -0.39 is 12.8 Å². The fourth-order valence-electron chi connectivity index (χ4n) is 2.13. The topological polar surface area (TPSA) is 66.7 Å². The number of halogens is 1. The number of nitrogens with one attached hydrogen (secondary N) is 1. The van der Waals surface area contributed by atoms with Crippen LogP contribution in [0.15, 0.2) is 37.1 Å². The number of hydrogen-bond donors (Lipinski definition) is 2. The molecule has 0 unspecified atom stereocenters. The predicted molar refractivity (Wildman–Crippen MR) is 68.9 cm³/mol. The maximum atomic E-state index is 13.3. The minimum absolute atomic E-state index is 0.197. The molecule has 1 aromatic carbocycles. The van der Waals surface area contributed by atoms with Crippen molar-refractivity contribution in [2.24, 2.45) is 0 Å². The van der Waals surface area contributed by atoms with Crippen molar-refractivity contribution in [3.63, 3.8) is 0 Å². The zero-order chi connectivity index (χ0) is 13.2. The van der Waals surface area contributed by atoms with Crippen LogP contribution >= 0.6 is 0 Å². The Kier molecular flexibility index (Phi) is 3.00. The van der Waals surface area contributed by atoms with E-state index in [1.807, 2.05) is 18.2 Å². The molecule has 5 nitrogen and oxygen atoms in total. The molecule has 3 aromatic rings. The lowest BCUT2D eigenvalue weighted by Crippen LogP contribution is -2.09. The van der Waals surface area contributed by atoms with Gasteiger partial charge in [-0.05, 0) is 23.8 Å². The van der Waals surface area contributed by atoms with Crippen molar-refractivity contribution in [2.45, 2.75) is 12.6 Å². The molecule has 0 amide bonds. The lowest BCUT2D eigenvalue weighted by molar-refractivity contribution is 0.178. The highest BCUT2D eigenvalue weighted by Gasteiger charge is 2.11. The molecule has 6 heteroatoms. The van der Waals surface area contributed by atoms with Gasteiger partial charge < -0.3 is 10.1 Å². The van der Waals surface area contributed by atoms with Gasteiger partial charge in [-0.15, -0.1) is 10.2 Å². The first kappa shape index (κ1) is 11.9. The standard InChI is InChI=1S/C13H13FN4O/c14-10(6-19)3-9-5-15-13-2-1-11(4-12(9)13)18-7-16-17-8-18/h1-2,4-5,7-8,10,15,19H,3,6H2/t10-/m1/s1. The highest BCUT2D eigenvalue weighted by Crippen LogP contribution is 2.23. The van der Waals surface area contributed by atoms with Crippen molar-refractivity contribution in [3.8, 4) is 5.69 Å². The van der Waals surface area contributed by atoms with E-state index in [4.69, 9.17) is 5.11 Å². The molecule has 1 atom stereocenters. The molecule has 0 saturated carbocycles. The summed E-state index contributed by atoms with van der Waals surface area (Å²) in [6, 6.07) is 5.82. The Morgan fingerprint density at radius 2 is 2.11 bits per heavy atom. The summed E-state index contributed by atoms with van der Waals surface area (Å²) in [5.41, 5.74) is 2.71. The van der Waals surface area contributed by atoms with Crippen LogP contribution in [-0.4, -0.2) is 37.6 Å². The number of aromatic amines is 1. The first-order valence-electron chi connectivity index (χ1n) is 5.98. The van der Waals surface area contributed by atoms with Gasteiger partial charge in [0.2, 0.25) is 0 Å². The van der Waals surface area contributed by atoms with Crippen molar-refractivity contribution in [1.82, 2.24) is 19.7 Å². The Morgan fingerprint density at radius 3 is 2.84 bits per heavy atom. The summed E-state index contributed by atoms with van der Waals surface area (Å²) in [6.45, 7) is -0.461. The first-order valence-corrected chi connectivity index (χ1v) is 5.98. The monoisotopic (exact) mass is 260 g/mol. The lowest BCUT2D eigenvalue weighted by Gasteiger charge is -2.05. The van der Waals surface area contributed by atoms with Crippen LogP contribution in [0.4, 0.5) is 4.39 Å². The summed E-state index contributed by atoms with van der Waals surface area (Å²) in [4.78, 5) is 3.10. The first-order chi connectivity index (χ1) is 9.28. The number of rotatable bonds is 4. The maximum Gasteiger partial charge on any atom is 0.127 e. The number of nitrogens with zero attached hydrogens (tertiary/aromatic N) is 3. The quantitative estimate of drug-likeness (QED) is 0.749. The van der Waals surface area contributed by atoms with Crippen LogP contribution in [-0.2, 0) is 6.42 Å². The Bertz CT molecular complexity index is 677. The van der Waals surface area contributed by atoms with Crippen molar-refractivity contribution < 1.29 is 9.50 Å². The molecule has 98 valence electrons. The fraction of sp³-hybridized carbons (Fsp3) is 0.231. The number of aliphatic hydroxyl groups excluding tert-OH is 1. The van der Waals surface area contributed by atoms with Gasteiger partial charge in [-0.3, -0.25) is 4.57 Å². The van der Waals surface area contributed by atoms with E-state index in [0.29, 0.717) is 0 Å². The summed E-state index contributed by atoms with van der Waals surface area (Å²) in [5, 5.41) is 17.3. The van der Waals surface area contributed by atoms with Crippen molar-refractivity contribution in [2.75, 3.05) is 6.61 Å². The molecule has 0 aliphatic carbocycles. The van der Waals surface area contributed by atoms with E-state index in [1.54, 1.807) is 23.4 Å². The molecule has 0 radical (unpaired) electrons. The third-order valence-corrected chi connectivity index (χ3v) is 3.11. The summed E-state index contributed by atoms with van der Waals surface area (Å²) in [7, 11) is 0. The van der Waals surface area contributed by atoms with Gasteiger partial charge in [0, 0.05) is 29.2 Å². The number of benzene rings is 1. The summed E-state index contributed by atoms with van der Waals surface area (Å²) >= 11 is 0. The van der Waals surface area contributed by atoms with Gasteiger partial charge >= 0.3 is 0 Å². The Balaban J connectivity index is 2.03. The molecule has 2 N–H and O–H groups in total. The maximum absolute atomic E-state index is 13.3. The van der Waals surface area contributed by atoms with E-state index in [0.717, 1.165) is 22.2 Å². The van der Waals surface area contributed by atoms with Crippen LogP contribution in [0.2, 0.25) is 0 Å². The van der Waals surface area contributed by atoms with Crippen molar-refractivity contribution in [1.29, 1.82) is 0 Å². The smallest absolute Gasteiger partial charge is 0.127 e. The normalized spacial score (nSPS) is 12.9. The Labute approximate surface area is 108 Å². The highest BCUT2D eigenvalue weighted by molar-refractivity contribution is 5.85. The molecular formula is C13H13FN4O. The van der Waals surface area contributed by atoms with Crippen LogP contribution in [0.1, 0.15) is 5.56 Å². The Morgan fingerprint density at radius 1 is 1.32 bits per heavy atom. The summed E-state index contributed by atoms with van der Waals surface area (Å²) in [5.74, 6) is 0. The van der Waals surface area contributed by atoms with Crippen LogP contribution in [0.25, 0.3) is 16.6 Å². The second-order valence-corrected chi connectivity index (χ2v) is 4.40. The number of hydrogen-bond acceptors (Lipinski definition) is 3. The number of aromatic nitrogens is 4. The predicted octanol–water partition coefficient (Wildman–Crippen LogP) is 1.62. The zero-order valence-electron chi connectivity index (χ0n) is 10.1. The molecule has 3 rings (SSSR count). The third kappa shape index (κ3) is 2.22. The third-order valence-electron chi connectivity index (χ3n) is 3.11. The van der Waals surface area contributed by atoms with Crippen molar-refractivity contribution >= 4 is 10.9 Å². The molecule has 2 aromatic heterocycles. The van der Waals surface area contributed by atoms with Crippen LogP contribution in [0.5, 0.6) is 0 Å². The molecule has 0 bridgehead atoms. The van der Waals surface area contributed by atoms with Crippen LogP contribution in [0.3, 0.4) is 0 Å². The van der Waals surface area contributed by atoms with Gasteiger partial charge in [-0.2, -0.15) is 0 Å². The highest BCUT2D eigenvalue weighted by atomic mass is 19.1. The van der Waals surface area contributed by atoms with E-state index in [2.05, 4.69) is 15.2 Å². The Hall–Kier alpha value is -2.21. The van der Waals surface area contributed by atoms with Crippen LogP contribution in [0, 0.1) is 0 Å². The van der Waals surface area contributed by atoms with E-state index in [9.17, 15) is 4.39 Å². The van der Waals surface area contributed by atoms with Gasteiger partial charge in [0.15, 0.2) is 0 Å². The number of H-pyrrole nitrogens is 1. The second-order valence-electron chi connectivity index (χ2n) is 4.40. The van der Waals surface area contributed by atoms with Gasteiger partial charge in [-0.25, -0.2) is 4.39 Å². The van der Waals surface area contributed by atoms with Gasteiger partial charge in [0.25, 0.3) is 0 Å². The number of fused-ring (bicyclic) bond motifs is 1. The van der Waals surface area contributed by atoms with Gasteiger partial charge in [0.1, 0.15) is 18.8 Å². The fourth-order valence-corrected chi connectivity index (χ4v) is 2.13. The molecule has 19 heavy (non-hydrogen) atoms. The van der Waals surface area contributed by atoms with Crippen molar-refractivity contribution in [3.05, 3.63) is 42.6 Å². The largest absolute Gasteiger partial charge is 0.393 e. The van der Waals surface area contributed by atoms with Gasteiger partial charge in [0.05, 0.1) is 6.61 Å². The number of alkyl halides is 1. The average molecular weight is 260 g/mol. The molecule has 0 aliphatic heterocycles.